The third-order valence-corrected chi connectivity index (χ3v) is 4.55. The molecule has 2 rings (SSSR count). The molecule has 1 heterocycles. The molecule has 1 saturated heterocycles. The van der Waals surface area contributed by atoms with Crippen molar-refractivity contribution in [1.29, 1.82) is 0 Å². The van der Waals surface area contributed by atoms with Crippen LogP contribution in [0.3, 0.4) is 0 Å². The number of hydrogen-bond donors (Lipinski definition) is 2. The molecule has 24 heavy (non-hydrogen) atoms. The van der Waals surface area contributed by atoms with E-state index in [-0.39, 0.29) is 18.2 Å². The second-order valence-corrected chi connectivity index (χ2v) is 6.48. The molecule has 0 radical (unpaired) electrons. The molecule has 1 aromatic rings. The molecule has 1 aromatic carbocycles. The van der Waals surface area contributed by atoms with Gasteiger partial charge in [0.15, 0.2) is 5.17 Å². The van der Waals surface area contributed by atoms with Gasteiger partial charge in [-0.1, -0.05) is 23.4 Å². The number of nitrogens with zero attached hydrogens (tertiary/aromatic N) is 1. The van der Waals surface area contributed by atoms with Gasteiger partial charge in [0, 0.05) is 19.2 Å². The highest BCUT2D eigenvalue weighted by molar-refractivity contribution is 8.15. The van der Waals surface area contributed by atoms with E-state index in [2.05, 4.69) is 15.6 Å². The molecular weight excluding hydrogens is 354 g/mol. The van der Waals surface area contributed by atoms with Gasteiger partial charge in [0.1, 0.15) is 11.0 Å². The Hall–Kier alpha value is -1.77. The highest BCUT2D eigenvalue weighted by Gasteiger charge is 2.31. The second-order valence-electron chi connectivity index (χ2n) is 4.88. The van der Waals surface area contributed by atoms with Crippen molar-refractivity contribution in [1.82, 2.24) is 5.32 Å². The summed E-state index contributed by atoms with van der Waals surface area (Å²) >= 11 is 7.26. The zero-order chi connectivity index (χ0) is 17.5. The summed E-state index contributed by atoms with van der Waals surface area (Å²) in [5.74, 6) is 0.0263. The molecule has 2 N–H and O–H groups in total. The van der Waals surface area contributed by atoms with E-state index in [9.17, 15) is 9.59 Å². The summed E-state index contributed by atoms with van der Waals surface area (Å²) in [5, 5.41) is 5.79. The lowest BCUT2D eigenvalue weighted by atomic mass is 10.2. The summed E-state index contributed by atoms with van der Waals surface area (Å²) in [4.78, 5) is 28.2. The molecule has 9 heteroatoms. The van der Waals surface area contributed by atoms with Crippen molar-refractivity contribution in [2.45, 2.75) is 11.7 Å². The van der Waals surface area contributed by atoms with Crippen LogP contribution in [0.5, 0.6) is 5.75 Å². The predicted molar refractivity (Wildman–Crippen MR) is 95.0 cm³/mol. The van der Waals surface area contributed by atoms with E-state index < -0.39 is 5.25 Å². The SMILES string of the molecule is COCCN=C1NC(=O)[C@@H](CC(=O)Nc2ccc(OC)c(Cl)c2)S1. The van der Waals surface area contributed by atoms with E-state index in [0.717, 1.165) is 0 Å². The number of carbonyl (C=O) groups excluding carboxylic acids is 2. The molecule has 7 nitrogen and oxygen atoms in total. The van der Waals surface area contributed by atoms with Gasteiger partial charge >= 0.3 is 0 Å². The minimum Gasteiger partial charge on any atom is -0.495 e. The van der Waals surface area contributed by atoms with Crippen molar-refractivity contribution in [2.24, 2.45) is 4.99 Å². The number of hydrogen-bond acceptors (Lipinski definition) is 6. The minimum absolute atomic E-state index is 0.0451. The van der Waals surface area contributed by atoms with Crippen molar-refractivity contribution in [3.63, 3.8) is 0 Å². The van der Waals surface area contributed by atoms with Crippen molar-refractivity contribution >= 4 is 46.0 Å². The smallest absolute Gasteiger partial charge is 0.240 e. The zero-order valence-electron chi connectivity index (χ0n) is 13.3. The predicted octanol–water partition coefficient (Wildman–Crippen LogP) is 1.91. The Morgan fingerprint density at radius 1 is 1.46 bits per heavy atom. The van der Waals surface area contributed by atoms with Gasteiger partial charge in [-0.15, -0.1) is 0 Å². The van der Waals surface area contributed by atoms with Crippen LogP contribution in [0.4, 0.5) is 5.69 Å². The summed E-state index contributed by atoms with van der Waals surface area (Å²) in [6, 6.07) is 4.94. The lowest BCUT2D eigenvalue weighted by Crippen LogP contribution is -2.28. The van der Waals surface area contributed by atoms with E-state index >= 15 is 0 Å². The van der Waals surface area contributed by atoms with E-state index in [4.69, 9.17) is 21.1 Å². The van der Waals surface area contributed by atoms with Gasteiger partial charge in [-0.25, -0.2) is 0 Å². The third-order valence-electron chi connectivity index (χ3n) is 3.13. The maximum absolute atomic E-state index is 12.1. The van der Waals surface area contributed by atoms with Crippen LogP contribution in [-0.4, -0.2) is 49.6 Å². The summed E-state index contributed by atoms with van der Waals surface area (Å²) < 4.78 is 9.96. The summed E-state index contributed by atoms with van der Waals surface area (Å²) in [6.45, 7) is 0.936. The Labute approximate surface area is 149 Å². The third kappa shape index (κ3) is 5.12. The summed E-state index contributed by atoms with van der Waals surface area (Å²) in [7, 11) is 3.10. The molecule has 1 fully saturated rings. The molecule has 0 aliphatic carbocycles. The van der Waals surface area contributed by atoms with Crippen LogP contribution in [0.15, 0.2) is 23.2 Å². The average molecular weight is 372 g/mol. The number of halogens is 1. The normalized spacial score (nSPS) is 18.5. The van der Waals surface area contributed by atoms with Gasteiger partial charge in [0.05, 0.1) is 25.3 Å². The fourth-order valence-electron chi connectivity index (χ4n) is 1.98. The number of benzene rings is 1. The van der Waals surface area contributed by atoms with Crippen LogP contribution < -0.4 is 15.4 Å². The first kappa shape index (κ1) is 18.6. The molecule has 0 unspecified atom stereocenters. The molecule has 2 amide bonds. The Morgan fingerprint density at radius 3 is 2.92 bits per heavy atom. The molecule has 1 aliphatic heterocycles. The van der Waals surface area contributed by atoms with Gasteiger partial charge in [0.25, 0.3) is 0 Å². The van der Waals surface area contributed by atoms with Crippen molar-refractivity contribution in [3.05, 3.63) is 23.2 Å². The maximum atomic E-state index is 12.1. The lowest BCUT2D eigenvalue weighted by molar-refractivity contribution is -0.122. The van der Waals surface area contributed by atoms with Crippen molar-refractivity contribution < 1.29 is 19.1 Å². The van der Waals surface area contributed by atoms with Crippen molar-refractivity contribution in [3.8, 4) is 5.75 Å². The molecular formula is C15H18ClN3O4S. The number of nitrogens with one attached hydrogen (secondary N) is 2. The Balaban J connectivity index is 1.89. The summed E-state index contributed by atoms with van der Waals surface area (Å²) in [6.07, 6.45) is 0.0451. The van der Waals surface area contributed by atoms with Crippen LogP contribution in [0.25, 0.3) is 0 Å². The molecule has 0 bridgehead atoms. The van der Waals surface area contributed by atoms with E-state index in [0.29, 0.717) is 34.8 Å². The number of amides is 2. The number of anilines is 1. The standard InChI is InChI=1S/C15H18ClN3O4S/c1-22-6-5-17-15-19-14(21)12(24-15)8-13(20)18-9-3-4-11(23-2)10(16)7-9/h3-4,7,12H,5-6,8H2,1-2H3,(H,18,20)(H,17,19,21)/t12-/m1/s1. The van der Waals surface area contributed by atoms with Gasteiger partial charge in [-0.2, -0.15) is 0 Å². The lowest BCUT2D eigenvalue weighted by Gasteiger charge is -2.09. The first-order valence-corrected chi connectivity index (χ1v) is 8.43. The summed E-state index contributed by atoms with van der Waals surface area (Å²) in [5.41, 5.74) is 0.545. The average Bonchev–Trinajstić information content (AvgIpc) is 2.87. The fourth-order valence-corrected chi connectivity index (χ4v) is 3.23. The molecule has 0 spiro atoms. The number of amidine groups is 1. The van der Waals surface area contributed by atoms with E-state index in [1.165, 1.54) is 18.9 Å². The molecule has 1 aliphatic rings. The molecule has 0 saturated carbocycles. The van der Waals surface area contributed by atoms with E-state index in [1.807, 2.05) is 0 Å². The highest BCUT2D eigenvalue weighted by atomic mass is 35.5. The van der Waals surface area contributed by atoms with Gasteiger partial charge < -0.3 is 20.1 Å². The van der Waals surface area contributed by atoms with Crippen molar-refractivity contribution in [2.75, 3.05) is 32.7 Å². The van der Waals surface area contributed by atoms with Gasteiger partial charge in [-0.3, -0.25) is 14.6 Å². The quantitative estimate of drug-likeness (QED) is 0.715. The first-order chi connectivity index (χ1) is 11.5. The molecule has 0 aromatic heterocycles. The van der Waals surface area contributed by atoms with Gasteiger partial charge in [-0.05, 0) is 18.2 Å². The number of methoxy groups -OCH3 is 2. The fraction of sp³-hybridized carbons (Fsp3) is 0.400. The van der Waals surface area contributed by atoms with Crippen LogP contribution in [0.1, 0.15) is 6.42 Å². The largest absolute Gasteiger partial charge is 0.495 e. The highest BCUT2D eigenvalue weighted by Crippen LogP contribution is 2.28. The number of rotatable bonds is 7. The van der Waals surface area contributed by atoms with Crippen LogP contribution in [-0.2, 0) is 14.3 Å². The van der Waals surface area contributed by atoms with Crippen LogP contribution in [0, 0.1) is 0 Å². The Morgan fingerprint density at radius 2 is 2.25 bits per heavy atom. The topological polar surface area (TPSA) is 89.0 Å². The van der Waals surface area contributed by atoms with Crippen LogP contribution >= 0.6 is 23.4 Å². The zero-order valence-corrected chi connectivity index (χ0v) is 14.9. The number of aliphatic imine (C=N–C) groups is 1. The Kier molecular flexibility index (Phi) is 6.89. The maximum Gasteiger partial charge on any atom is 0.240 e. The Bertz CT molecular complexity index is 654. The minimum atomic E-state index is -0.500. The number of thioether (sulfide) groups is 1. The molecule has 130 valence electrons. The monoisotopic (exact) mass is 371 g/mol. The van der Waals surface area contributed by atoms with E-state index in [1.54, 1.807) is 25.3 Å². The second kappa shape index (κ2) is 8.91. The number of ether oxygens (including phenoxy) is 2. The molecule has 1 atom stereocenters. The number of carbonyl (C=O) groups is 2. The van der Waals surface area contributed by atoms with Gasteiger partial charge in [0.2, 0.25) is 11.8 Å². The van der Waals surface area contributed by atoms with Crippen LogP contribution in [0.2, 0.25) is 5.02 Å². The first-order valence-electron chi connectivity index (χ1n) is 7.17.